The number of rotatable bonds is 14. The molecule has 0 unspecified atom stereocenters. The highest BCUT2D eigenvalue weighted by Gasteiger charge is 2.01. The van der Waals surface area contributed by atoms with Gasteiger partial charge in [0.15, 0.2) is 6.79 Å². The lowest BCUT2D eigenvalue weighted by Gasteiger charge is -2.07. The van der Waals surface area contributed by atoms with Crippen LogP contribution >= 0.6 is 0 Å². The number of ether oxygens (including phenoxy) is 2. The van der Waals surface area contributed by atoms with Crippen LogP contribution in [0.3, 0.4) is 0 Å². The van der Waals surface area contributed by atoms with E-state index in [2.05, 4.69) is 12.2 Å². The predicted molar refractivity (Wildman–Crippen MR) is 108 cm³/mol. The molecule has 0 saturated carbocycles. The Bertz CT molecular complexity index is 523. The molecule has 0 bridgehead atoms. The second-order valence-corrected chi connectivity index (χ2v) is 6.67. The average Bonchev–Trinajstić information content (AvgIpc) is 2.65. The lowest BCUT2D eigenvalue weighted by molar-refractivity contribution is -0.116. The molecule has 1 N–H and O–H groups in total. The van der Waals surface area contributed by atoms with E-state index in [-0.39, 0.29) is 12.7 Å². The second-order valence-electron chi connectivity index (χ2n) is 6.67. The highest BCUT2D eigenvalue weighted by molar-refractivity contribution is 5.94. The van der Waals surface area contributed by atoms with Crippen molar-refractivity contribution in [2.24, 2.45) is 0 Å². The van der Waals surface area contributed by atoms with Crippen LogP contribution in [0, 0.1) is 0 Å². The van der Waals surface area contributed by atoms with Crippen molar-refractivity contribution in [3.63, 3.8) is 0 Å². The highest BCUT2D eigenvalue weighted by atomic mass is 16.7. The summed E-state index contributed by atoms with van der Waals surface area (Å²) in [6, 6.07) is 7.65. The Hall–Kier alpha value is -1.81. The maximum absolute atomic E-state index is 12.0. The fraction of sp³-hybridized carbons (Fsp3) is 0.591. The molecule has 0 aliphatic carbocycles. The summed E-state index contributed by atoms with van der Waals surface area (Å²) in [4.78, 5) is 12.0. The van der Waals surface area contributed by atoms with Crippen LogP contribution in [0.1, 0.15) is 70.8 Å². The number of carbonyl (C=O) groups is 1. The van der Waals surface area contributed by atoms with Crippen molar-refractivity contribution >= 4 is 11.5 Å². The molecule has 1 aromatic rings. The first-order valence-corrected chi connectivity index (χ1v) is 9.85. The summed E-state index contributed by atoms with van der Waals surface area (Å²) in [6.45, 7) is 5.17. The molecular weight excluding hydrogens is 326 g/mol. The van der Waals surface area contributed by atoms with Crippen LogP contribution in [-0.2, 0) is 9.53 Å². The maximum atomic E-state index is 12.0. The monoisotopic (exact) mass is 361 g/mol. The predicted octanol–water partition coefficient (Wildman–Crippen LogP) is 5.33. The molecule has 0 heterocycles. The Morgan fingerprint density at radius 2 is 1.62 bits per heavy atom. The van der Waals surface area contributed by atoms with Gasteiger partial charge in [-0.25, -0.2) is 0 Å². The molecule has 1 amide bonds. The summed E-state index contributed by atoms with van der Waals surface area (Å²) < 4.78 is 10.2. The average molecular weight is 362 g/mol. The zero-order valence-electron chi connectivity index (χ0n) is 16.7. The van der Waals surface area contributed by atoms with E-state index in [1.54, 1.807) is 13.2 Å². The molecule has 0 aliphatic rings. The summed E-state index contributed by atoms with van der Waals surface area (Å²) in [6.07, 6.45) is 11.8. The van der Waals surface area contributed by atoms with Gasteiger partial charge in [-0.15, -0.1) is 0 Å². The molecule has 1 aromatic carbocycles. The minimum absolute atomic E-state index is 0.0230. The summed E-state index contributed by atoms with van der Waals surface area (Å²) in [7, 11) is 1.59. The van der Waals surface area contributed by atoms with Gasteiger partial charge in [0, 0.05) is 19.7 Å². The van der Waals surface area contributed by atoms with Crippen LogP contribution in [0.5, 0.6) is 5.75 Å². The molecule has 0 aromatic heterocycles. The summed E-state index contributed by atoms with van der Waals surface area (Å²) in [5.74, 6) is 0.729. The van der Waals surface area contributed by atoms with Gasteiger partial charge in [-0.1, -0.05) is 64.0 Å². The zero-order valence-corrected chi connectivity index (χ0v) is 16.7. The summed E-state index contributed by atoms with van der Waals surface area (Å²) in [5, 5.41) is 2.98. The van der Waals surface area contributed by atoms with Gasteiger partial charge >= 0.3 is 0 Å². The summed E-state index contributed by atoms with van der Waals surface area (Å²) >= 11 is 0. The Labute approximate surface area is 159 Å². The minimum Gasteiger partial charge on any atom is -0.468 e. The number of nitrogens with one attached hydrogen (secondary N) is 1. The van der Waals surface area contributed by atoms with Crippen molar-refractivity contribution in [2.45, 2.75) is 65.2 Å². The quantitative estimate of drug-likeness (QED) is 0.277. The van der Waals surface area contributed by atoms with E-state index < -0.39 is 0 Å². The fourth-order valence-corrected chi connectivity index (χ4v) is 2.74. The van der Waals surface area contributed by atoms with E-state index in [1.165, 1.54) is 44.9 Å². The Morgan fingerprint density at radius 3 is 2.23 bits per heavy atom. The molecule has 4 heteroatoms. The van der Waals surface area contributed by atoms with Crippen LogP contribution in [0.2, 0.25) is 0 Å². The zero-order chi connectivity index (χ0) is 19.0. The third kappa shape index (κ3) is 10.2. The summed E-state index contributed by atoms with van der Waals surface area (Å²) in [5.41, 5.74) is 1.95. The second kappa shape index (κ2) is 14.4. The topological polar surface area (TPSA) is 47.6 Å². The van der Waals surface area contributed by atoms with Crippen LogP contribution in [0.25, 0.3) is 5.57 Å². The van der Waals surface area contributed by atoms with Crippen molar-refractivity contribution in [1.29, 1.82) is 0 Å². The van der Waals surface area contributed by atoms with Gasteiger partial charge in [0.1, 0.15) is 5.75 Å². The molecule has 146 valence electrons. The van der Waals surface area contributed by atoms with E-state index in [1.807, 2.05) is 31.2 Å². The Morgan fingerprint density at radius 1 is 1.00 bits per heavy atom. The third-order valence-corrected chi connectivity index (χ3v) is 4.33. The van der Waals surface area contributed by atoms with E-state index >= 15 is 0 Å². The molecule has 0 radical (unpaired) electrons. The van der Waals surface area contributed by atoms with Gasteiger partial charge < -0.3 is 14.8 Å². The van der Waals surface area contributed by atoms with Gasteiger partial charge in [0.05, 0.1) is 0 Å². The first-order valence-electron chi connectivity index (χ1n) is 9.85. The number of benzene rings is 1. The van der Waals surface area contributed by atoms with Crippen molar-refractivity contribution < 1.29 is 14.3 Å². The highest BCUT2D eigenvalue weighted by Crippen LogP contribution is 2.18. The first-order chi connectivity index (χ1) is 12.7. The largest absolute Gasteiger partial charge is 0.468 e. The molecule has 26 heavy (non-hydrogen) atoms. The van der Waals surface area contributed by atoms with Crippen LogP contribution < -0.4 is 10.1 Å². The van der Waals surface area contributed by atoms with Crippen molar-refractivity contribution in [1.82, 2.24) is 5.32 Å². The molecule has 4 nitrogen and oxygen atoms in total. The number of hydrogen-bond donors (Lipinski definition) is 1. The van der Waals surface area contributed by atoms with Gasteiger partial charge in [0.2, 0.25) is 5.91 Å². The van der Waals surface area contributed by atoms with Gasteiger partial charge in [0.25, 0.3) is 0 Å². The number of amides is 1. The van der Waals surface area contributed by atoms with Crippen molar-refractivity contribution in [3.8, 4) is 5.75 Å². The molecule has 0 fully saturated rings. The Kier molecular flexibility index (Phi) is 12.3. The van der Waals surface area contributed by atoms with Crippen LogP contribution in [-0.4, -0.2) is 26.4 Å². The van der Waals surface area contributed by atoms with Crippen molar-refractivity contribution in [3.05, 3.63) is 35.9 Å². The fourth-order valence-electron chi connectivity index (χ4n) is 2.74. The number of methoxy groups -OCH3 is 1. The number of unbranched alkanes of at least 4 members (excludes halogenated alkanes) is 7. The number of allylic oxidation sites excluding steroid dienone is 1. The SMILES string of the molecule is CCCCCCCCCCNC(=O)C=C(C)c1ccc(OCOC)cc1. The maximum Gasteiger partial charge on any atom is 0.244 e. The Balaban J connectivity index is 2.22. The van der Waals surface area contributed by atoms with E-state index in [0.717, 1.165) is 29.9 Å². The first kappa shape index (κ1) is 22.2. The molecule has 1 rings (SSSR count). The van der Waals surface area contributed by atoms with Gasteiger partial charge in [-0.05, 0) is 36.6 Å². The lowest BCUT2D eigenvalue weighted by atomic mass is 10.1. The van der Waals surface area contributed by atoms with E-state index in [4.69, 9.17) is 9.47 Å². The van der Waals surface area contributed by atoms with Gasteiger partial charge in [-0.3, -0.25) is 4.79 Å². The molecule has 0 atom stereocenters. The molecular formula is C22H35NO3. The molecule has 0 saturated heterocycles. The lowest BCUT2D eigenvalue weighted by Crippen LogP contribution is -2.22. The molecule has 0 aliphatic heterocycles. The van der Waals surface area contributed by atoms with E-state index in [9.17, 15) is 4.79 Å². The van der Waals surface area contributed by atoms with Gasteiger partial charge in [-0.2, -0.15) is 0 Å². The van der Waals surface area contributed by atoms with Crippen LogP contribution in [0.15, 0.2) is 30.3 Å². The number of carbonyl (C=O) groups excluding carboxylic acids is 1. The molecule has 0 spiro atoms. The van der Waals surface area contributed by atoms with Crippen LogP contribution in [0.4, 0.5) is 0 Å². The minimum atomic E-state index is -0.0230. The number of hydrogen-bond acceptors (Lipinski definition) is 3. The van der Waals surface area contributed by atoms with Crippen molar-refractivity contribution in [2.75, 3.05) is 20.4 Å². The smallest absolute Gasteiger partial charge is 0.244 e. The normalized spacial score (nSPS) is 11.4. The van der Waals surface area contributed by atoms with E-state index in [0.29, 0.717) is 0 Å². The third-order valence-electron chi connectivity index (χ3n) is 4.33. The standard InChI is InChI=1S/C22H35NO3/c1-4-5-6-7-8-9-10-11-16-23-22(24)17-19(2)20-12-14-21(15-13-20)26-18-25-3/h12-15,17H,4-11,16,18H2,1-3H3,(H,23,24).